The highest BCUT2D eigenvalue weighted by Crippen LogP contribution is 2.37. The molecule has 0 aliphatic carbocycles. The van der Waals surface area contributed by atoms with E-state index in [1.165, 1.54) is 23.5 Å². The average molecular weight is 402 g/mol. The number of anilines is 1. The minimum absolute atomic E-state index is 0.0270. The summed E-state index contributed by atoms with van der Waals surface area (Å²) >= 11 is 1.39. The SMILES string of the molecule is CC(C)N1CCc2c(sc(NC(=O)Cc3ccc([N+](=O)[O-])cc3)c2C(N)=O)C1. The molecule has 1 aliphatic heterocycles. The minimum atomic E-state index is -0.541. The number of benzene rings is 1. The van der Waals surface area contributed by atoms with Gasteiger partial charge in [0.1, 0.15) is 5.00 Å². The molecule has 3 N–H and O–H groups in total. The minimum Gasteiger partial charge on any atom is -0.365 e. The maximum atomic E-state index is 12.5. The summed E-state index contributed by atoms with van der Waals surface area (Å²) in [4.78, 5) is 38.1. The molecule has 3 rings (SSSR count). The van der Waals surface area contributed by atoms with Crippen molar-refractivity contribution in [3.05, 3.63) is 55.9 Å². The molecular weight excluding hydrogens is 380 g/mol. The van der Waals surface area contributed by atoms with E-state index >= 15 is 0 Å². The first-order valence-electron chi connectivity index (χ1n) is 8.97. The molecule has 0 unspecified atom stereocenters. The molecule has 1 aliphatic rings. The Morgan fingerprint density at radius 1 is 1.32 bits per heavy atom. The fraction of sp³-hybridized carbons (Fsp3) is 0.368. The van der Waals surface area contributed by atoms with Crippen molar-refractivity contribution in [2.24, 2.45) is 5.73 Å². The summed E-state index contributed by atoms with van der Waals surface area (Å²) in [5, 5.41) is 14.0. The Bertz CT molecular complexity index is 921. The van der Waals surface area contributed by atoms with Gasteiger partial charge in [-0.25, -0.2) is 0 Å². The van der Waals surface area contributed by atoms with Crippen LogP contribution in [0.2, 0.25) is 0 Å². The lowest BCUT2D eigenvalue weighted by Crippen LogP contribution is -2.35. The summed E-state index contributed by atoms with van der Waals surface area (Å²) in [6.07, 6.45) is 0.775. The number of rotatable bonds is 6. The predicted molar refractivity (Wildman–Crippen MR) is 108 cm³/mol. The molecule has 0 saturated carbocycles. The van der Waals surface area contributed by atoms with Crippen LogP contribution in [-0.4, -0.2) is 34.2 Å². The standard InChI is InChI=1S/C19H22N4O4S/c1-11(2)22-8-7-14-15(10-22)28-19(17(14)18(20)25)21-16(24)9-12-3-5-13(6-4-12)23(26)27/h3-6,11H,7-10H2,1-2H3,(H2,20,25)(H,21,24). The Morgan fingerprint density at radius 2 is 2.00 bits per heavy atom. The summed E-state index contributed by atoms with van der Waals surface area (Å²) in [6.45, 7) is 5.83. The van der Waals surface area contributed by atoms with Gasteiger partial charge in [-0.3, -0.25) is 24.6 Å². The highest BCUT2D eigenvalue weighted by Gasteiger charge is 2.28. The molecule has 148 valence electrons. The first-order valence-corrected chi connectivity index (χ1v) is 9.79. The number of nitrogens with zero attached hydrogens (tertiary/aromatic N) is 2. The van der Waals surface area contributed by atoms with E-state index in [9.17, 15) is 19.7 Å². The van der Waals surface area contributed by atoms with Crippen LogP contribution in [0.25, 0.3) is 0 Å². The lowest BCUT2D eigenvalue weighted by atomic mass is 10.0. The zero-order valence-electron chi connectivity index (χ0n) is 15.7. The second-order valence-electron chi connectivity index (χ2n) is 7.03. The van der Waals surface area contributed by atoms with Crippen LogP contribution in [0.4, 0.5) is 10.7 Å². The van der Waals surface area contributed by atoms with Crippen molar-refractivity contribution in [2.75, 3.05) is 11.9 Å². The number of nitro benzene ring substituents is 1. The lowest BCUT2D eigenvalue weighted by molar-refractivity contribution is -0.384. The van der Waals surface area contributed by atoms with E-state index in [0.29, 0.717) is 22.2 Å². The molecule has 1 aromatic carbocycles. The molecule has 28 heavy (non-hydrogen) atoms. The number of nitro groups is 1. The Kier molecular flexibility index (Phi) is 5.76. The molecule has 0 atom stereocenters. The number of carbonyl (C=O) groups excluding carboxylic acids is 2. The number of amides is 2. The molecule has 2 heterocycles. The van der Waals surface area contributed by atoms with Gasteiger partial charge in [0, 0.05) is 36.1 Å². The largest absolute Gasteiger partial charge is 0.365 e. The van der Waals surface area contributed by atoms with E-state index in [2.05, 4.69) is 24.1 Å². The van der Waals surface area contributed by atoms with Crippen molar-refractivity contribution >= 4 is 33.8 Å². The van der Waals surface area contributed by atoms with Gasteiger partial charge in [0.25, 0.3) is 11.6 Å². The number of primary amides is 1. The van der Waals surface area contributed by atoms with Gasteiger partial charge in [0.15, 0.2) is 0 Å². The highest BCUT2D eigenvalue weighted by molar-refractivity contribution is 7.17. The number of non-ortho nitro benzene ring substituents is 1. The number of fused-ring (bicyclic) bond motifs is 1. The highest BCUT2D eigenvalue weighted by atomic mass is 32.1. The topological polar surface area (TPSA) is 119 Å². The van der Waals surface area contributed by atoms with Gasteiger partial charge in [0.05, 0.1) is 16.9 Å². The smallest absolute Gasteiger partial charge is 0.269 e. The van der Waals surface area contributed by atoms with Gasteiger partial charge in [0.2, 0.25) is 5.91 Å². The molecule has 0 spiro atoms. The second kappa shape index (κ2) is 8.07. The summed E-state index contributed by atoms with van der Waals surface area (Å²) in [7, 11) is 0. The van der Waals surface area contributed by atoms with E-state index in [1.54, 1.807) is 12.1 Å². The lowest BCUT2D eigenvalue weighted by Gasteiger charge is -2.30. The Balaban J connectivity index is 1.77. The number of hydrogen-bond donors (Lipinski definition) is 2. The van der Waals surface area contributed by atoms with Crippen LogP contribution in [0.3, 0.4) is 0 Å². The van der Waals surface area contributed by atoms with Crippen LogP contribution in [-0.2, 0) is 24.2 Å². The first kappa shape index (κ1) is 20.0. The predicted octanol–water partition coefficient (Wildman–Crippen LogP) is 2.70. The maximum absolute atomic E-state index is 12.5. The van der Waals surface area contributed by atoms with Crippen molar-refractivity contribution < 1.29 is 14.5 Å². The number of carbonyl (C=O) groups is 2. The Morgan fingerprint density at radius 3 is 2.57 bits per heavy atom. The van der Waals surface area contributed by atoms with E-state index < -0.39 is 10.8 Å². The third-order valence-electron chi connectivity index (χ3n) is 4.83. The third-order valence-corrected chi connectivity index (χ3v) is 5.96. The van der Waals surface area contributed by atoms with Crippen LogP contribution < -0.4 is 11.1 Å². The Hall–Kier alpha value is -2.78. The van der Waals surface area contributed by atoms with Gasteiger partial charge in [-0.1, -0.05) is 12.1 Å². The fourth-order valence-corrected chi connectivity index (χ4v) is 4.60. The maximum Gasteiger partial charge on any atom is 0.269 e. The molecule has 8 nitrogen and oxygen atoms in total. The van der Waals surface area contributed by atoms with Crippen LogP contribution in [0.5, 0.6) is 0 Å². The van der Waals surface area contributed by atoms with Crippen molar-refractivity contribution in [3.63, 3.8) is 0 Å². The molecular formula is C19H22N4O4S. The number of nitrogens with two attached hydrogens (primary N) is 1. The molecule has 9 heteroatoms. The van der Waals surface area contributed by atoms with Crippen molar-refractivity contribution in [1.29, 1.82) is 0 Å². The molecule has 0 radical (unpaired) electrons. The molecule has 0 fully saturated rings. The van der Waals surface area contributed by atoms with Crippen LogP contribution >= 0.6 is 11.3 Å². The van der Waals surface area contributed by atoms with Gasteiger partial charge in [-0.05, 0) is 31.4 Å². The van der Waals surface area contributed by atoms with Crippen LogP contribution in [0, 0.1) is 10.1 Å². The quantitative estimate of drug-likeness (QED) is 0.569. The van der Waals surface area contributed by atoms with Gasteiger partial charge >= 0.3 is 0 Å². The fourth-order valence-electron chi connectivity index (χ4n) is 3.30. The van der Waals surface area contributed by atoms with E-state index in [1.807, 2.05) is 0 Å². The van der Waals surface area contributed by atoms with E-state index in [-0.39, 0.29) is 18.0 Å². The zero-order valence-corrected chi connectivity index (χ0v) is 16.5. The summed E-state index contributed by atoms with van der Waals surface area (Å²) in [6, 6.07) is 6.22. The third kappa shape index (κ3) is 4.20. The van der Waals surface area contributed by atoms with Crippen molar-refractivity contribution in [2.45, 2.75) is 39.3 Å². The summed E-state index contributed by atoms with van der Waals surface area (Å²) in [5.41, 5.74) is 7.55. The molecule has 2 aromatic rings. The van der Waals surface area contributed by atoms with Gasteiger partial charge < -0.3 is 11.1 Å². The summed E-state index contributed by atoms with van der Waals surface area (Å²) < 4.78 is 0. The average Bonchev–Trinajstić information content (AvgIpc) is 2.98. The van der Waals surface area contributed by atoms with E-state index in [4.69, 9.17) is 5.73 Å². The molecule has 2 amide bonds. The second-order valence-corrected chi connectivity index (χ2v) is 8.14. The van der Waals surface area contributed by atoms with Gasteiger partial charge in [-0.15, -0.1) is 11.3 Å². The normalized spacial score (nSPS) is 14.0. The summed E-state index contributed by atoms with van der Waals surface area (Å²) in [5.74, 6) is -0.836. The Labute approximate surface area is 166 Å². The van der Waals surface area contributed by atoms with Crippen LogP contribution in [0.15, 0.2) is 24.3 Å². The van der Waals surface area contributed by atoms with Crippen molar-refractivity contribution in [1.82, 2.24) is 4.90 Å². The zero-order chi connectivity index (χ0) is 20.4. The number of hydrogen-bond acceptors (Lipinski definition) is 6. The van der Waals surface area contributed by atoms with Crippen molar-refractivity contribution in [3.8, 4) is 0 Å². The van der Waals surface area contributed by atoms with Gasteiger partial charge in [-0.2, -0.15) is 0 Å². The monoisotopic (exact) mass is 402 g/mol. The molecule has 1 aromatic heterocycles. The molecule has 0 bridgehead atoms. The molecule has 0 saturated heterocycles. The number of thiophene rings is 1. The first-order chi connectivity index (χ1) is 13.3. The van der Waals surface area contributed by atoms with Crippen LogP contribution in [0.1, 0.15) is 40.2 Å². The number of nitrogens with one attached hydrogen (secondary N) is 1. The van der Waals surface area contributed by atoms with E-state index in [0.717, 1.165) is 30.0 Å².